The van der Waals surface area contributed by atoms with Crippen molar-refractivity contribution in [1.82, 2.24) is 4.90 Å². The summed E-state index contributed by atoms with van der Waals surface area (Å²) >= 11 is 0. The zero-order valence-corrected chi connectivity index (χ0v) is 13.4. The summed E-state index contributed by atoms with van der Waals surface area (Å²) in [5.74, 6) is 0.423. The van der Waals surface area contributed by atoms with Crippen LogP contribution in [0.5, 0.6) is 0 Å². The summed E-state index contributed by atoms with van der Waals surface area (Å²) in [6.07, 6.45) is 0. The molecule has 1 aliphatic heterocycles. The number of nitrogens with one attached hydrogen (secondary N) is 2. The van der Waals surface area contributed by atoms with Crippen molar-refractivity contribution >= 4 is 41.2 Å². The Labute approximate surface area is 131 Å². The maximum absolute atomic E-state index is 8.09. The number of morpholine rings is 1. The third-order valence-corrected chi connectivity index (χ3v) is 2.97. The fourth-order valence-electron chi connectivity index (χ4n) is 1.96. The molecular weight excluding hydrogens is 353 g/mol. The van der Waals surface area contributed by atoms with Gasteiger partial charge in [-0.3, -0.25) is 5.41 Å². The second-order valence-electron chi connectivity index (χ2n) is 4.40. The Kier molecular flexibility index (Phi) is 6.30. The van der Waals surface area contributed by atoms with Crippen LogP contribution in [-0.2, 0) is 4.74 Å². The summed E-state index contributed by atoms with van der Waals surface area (Å²) in [7, 11) is 0. The molecule has 1 aliphatic rings. The largest absolute Gasteiger partial charge is 0.378 e. The van der Waals surface area contributed by atoms with Crippen molar-refractivity contribution in [3.63, 3.8) is 0 Å². The SMILES string of the molecule is C=C(C)c1ccccc1NC(=N)N1CCOCC1.I. The lowest BCUT2D eigenvalue weighted by molar-refractivity contribution is 0.0677. The second kappa shape index (κ2) is 7.49. The number of ether oxygens (including phenoxy) is 1. The number of rotatable bonds is 2. The van der Waals surface area contributed by atoms with Crippen LogP contribution >= 0.6 is 24.0 Å². The molecule has 1 heterocycles. The molecule has 5 heteroatoms. The van der Waals surface area contributed by atoms with Crippen LogP contribution in [0.4, 0.5) is 5.69 Å². The number of halogens is 1. The topological polar surface area (TPSA) is 48.4 Å². The predicted molar refractivity (Wildman–Crippen MR) is 90.3 cm³/mol. The minimum Gasteiger partial charge on any atom is -0.378 e. The van der Waals surface area contributed by atoms with E-state index in [1.54, 1.807) is 0 Å². The third-order valence-electron chi connectivity index (χ3n) is 2.97. The van der Waals surface area contributed by atoms with E-state index in [1.807, 2.05) is 36.1 Å². The molecule has 0 radical (unpaired) electrons. The lowest BCUT2D eigenvalue weighted by atomic mass is 10.1. The maximum atomic E-state index is 8.09. The fraction of sp³-hybridized carbons (Fsp3) is 0.357. The number of guanidine groups is 1. The molecule has 0 bridgehead atoms. The Morgan fingerprint density at radius 3 is 2.58 bits per heavy atom. The lowest BCUT2D eigenvalue weighted by Gasteiger charge is -2.29. The number of nitrogens with zero attached hydrogens (tertiary/aromatic N) is 1. The van der Waals surface area contributed by atoms with Crippen molar-refractivity contribution < 1.29 is 4.74 Å². The molecule has 2 N–H and O–H groups in total. The third kappa shape index (κ3) is 4.21. The van der Waals surface area contributed by atoms with Crippen LogP contribution in [0.15, 0.2) is 30.8 Å². The van der Waals surface area contributed by atoms with Gasteiger partial charge in [-0.2, -0.15) is 0 Å². The summed E-state index contributed by atoms with van der Waals surface area (Å²) in [4.78, 5) is 1.98. The zero-order chi connectivity index (χ0) is 13.0. The highest BCUT2D eigenvalue weighted by Crippen LogP contribution is 2.22. The van der Waals surface area contributed by atoms with Gasteiger partial charge in [-0.1, -0.05) is 24.8 Å². The molecule has 0 aliphatic carbocycles. The highest BCUT2D eigenvalue weighted by Gasteiger charge is 2.14. The molecule has 0 atom stereocenters. The first-order chi connectivity index (χ1) is 8.68. The Bertz CT molecular complexity index is 456. The van der Waals surface area contributed by atoms with Crippen molar-refractivity contribution in [2.24, 2.45) is 0 Å². The lowest BCUT2D eigenvalue weighted by Crippen LogP contribution is -2.43. The Hall–Kier alpha value is -1.08. The van der Waals surface area contributed by atoms with E-state index in [-0.39, 0.29) is 24.0 Å². The molecule has 0 unspecified atom stereocenters. The fourth-order valence-corrected chi connectivity index (χ4v) is 1.96. The maximum Gasteiger partial charge on any atom is 0.195 e. The highest BCUT2D eigenvalue weighted by atomic mass is 127. The first-order valence-electron chi connectivity index (χ1n) is 6.11. The minimum absolute atomic E-state index is 0. The van der Waals surface area contributed by atoms with Crippen LogP contribution in [0, 0.1) is 5.41 Å². The number of allylic oxidation sites excluding steroid dienone is 1. The first kappa shape index (κ1) is 16.0. The van der Waals surface area contributed by atoms with Crippen molar-refractivity contribution in [2.45, 2.75) is 6.92 Å². The molecule has 0 spiro atoms. The first-order valence-corrected chi connectivity index (χ1v) is 6.11. The van der Waals surface area contributed by atoms with Crippen molar-refractivity contribution in [1.29, 1.82) is 5.41 Å². The molecule has 0 saturated carbocycles. The molecule has 1 aromatic carbocycles. The monoisotopic (exact) mass is 373 g/mol. The molecule has 1 fully saturated rings. The standard InChI is InChI=1S/C14H19N3O.HI/c1-11(2)12-5-3-4-6-13(12)16-14(15)17-7-9-18-10-8-17;/h3-6H,1,7-10H2,2H3,(H2,15,16);1H. The van der Waals surface area contributed by atoms with Gasteiger partial charge in [0, 0.05) is 24.3 Å². The molecule has 104 valence electrons. The summed E-state index contributed by atoms with van der Waals surface area (Å²) in [5, 5.41) is 11.2. The van der Waals surface area contributed by atoms with Gasteiger partial charge in [-0.25, -0.2) is 0 Å². The Balaban J connectivity index is 0.00000180. The quantitative estimate of drug-likeness (QED) is 0.476. The smallest absolute Gasteiger partial charge is 0.195 e. The van der Waals surface area contributed by atoms with E-state index in [4.69, 9.17) is 10.1 Å². The van der Waals surface area contributed by atoms with Gasteiger partial charge in [0.15, 0.2) is 5.96 Å². The van der Waals surface area contributed by atoms with Crippen LogP contribution in [0.1, 0.15) is 12.5 Å². The van der Waals surface area contributed by atoms with Crippen LogP contribution < -0.4 is 5.32 Å². The number of benzene rings is 1. The zero-order valence-electron chi connectivity index (χ0n) is 11.1. The molecule has 2 rings (SSSR count). The van der Waals surface area contributed by atoms with Crippen molar-refractivity contribution in [2.75, 3.05) is 31.6 Å². The number of para-hydroxylation sites is 1. The van der Waals surface area contributed by atoms with Crippen LogP contribution in [0.2, 0.25) is 0 Å². The summed E-state index contributed by atoms with van der Waals surface area (Å²) in [5.41, 5.74) is 2.98. The highest BCUT2D eigenvalue weighted by molar-refractivity contribution is 14.0. The minimum atomic E-state index is 0. The van der Waals surface area contributed by atoms with E-state index in [0.29, 0.717) is 19.2 Å². The average molecular weight is 373 g/mol. The van der Waals surface area contributed by atoms with Crippen molar-refractivity contribution in [3.05, 3.63) is 36.4 Å². The van der Waals surface area contributed by atoms with Gasteiger partial charge in [0.1, 0.15) is 0 Å². The molecule has 0 aromatic heterocycles. The van der Waals surface area contributed by atoms with E-state index in [0.717, 1.165) is 29.9 Å². The van der Waals surface area contributed by atoms with Crippen molar-refractivity contribution in [3.8, 4) is 0 Å². The van der Waals surface area contributed by atoms with Gasteiger partial charge in [0.25, 0.3) is 0 Å². The van der Waals surface area contributed by atoms with Crippen LogP contribution in [0.3, 0.4) is 0 Å². The molecular formula is C14H20IN3O. The summed E-state index contributed by atoms with van der Waals surface area (Å²) < 4.78 is 5.28. The van der Waals surface area contributed by atoms with Gasteiger partial charge in [-0.15, -0.1) is 24.0 Å². The van der Waals surface area contributed by atoms with E-state index in [2.05, 4.69) is 11.9 Å². The second-order valence-corrected chi connectivity index (χ2v) is 4.40. The molecule has 0 amide bonds. The van der Waals surface area contributed by atoms with Gasteiger partial charge in [0.05, 0.1) is 13.2 Å². The number of hydrogen-bond acceptors (Lipinski definition) is 2. The van der Waals surface area contributed by atoms with E-state index >= 15 is 0 Å². The van der Waals surface area contributed by atoms with Crippen LogP contribution in [-0.4, -0.2) is 37.2 Å². The van der Waals surface area contributed by atoms with Crippen LogP contribution in [0.25, 0.3) is 5.57 Å². The molecule has 1 saturated heterocycles. The number of hydrogen-bond donors (Lipinski definition) is 2. The van der Waals surface area contributed by atoms with Gasteiger partial charge >= 0.3 is 0 Å². The van der Waals surface area contributed by atoms with E-state index < -0.39 is 0 Å². The number of anilines is 1. The molecule has 1 aromatic rings. The normalized spacial score (nSPS) is 14.5. The van der Waals surface area contributed by atoms with E-state index in [1.165, 1.54) is 0 Å². The van der Waals surface area contributed by atoms with E-state index in [9.17, 15) is 0 Å². The van der Waals surface area contributed by atoms with Gasteiger partial charge < -0.3 is 15.0 Å². The Morgan fingerprint density at radius 1 is 1.32 bits per heavy atom. The Morgan fingerprint density at radius 2 is 1.95 bits per heavy atom. The summed E-state index contributed by atoms with van der Waals surface area (Å²) in [6, 6.07) is 7.92. The predicted octanol–water partition coefficient (Wildman–Crippen LogP) is 3.02. The summed E-state index contributed by atoms with van der Waals surface area (Å²) in [6.45, 7) is 8.84. The van der Waals surface area contributed by atoms with Gasteiger partial charge in [-0.05, 0) is 18.6 Å². The molecule has 4 nitrogen and oxygen atoms in total. The molecule has 19 heavy (non-hydrogen) atoms. The van der Waals surface area contributed by atoms with Gasteiger partial charge in [0.2, 0.25) is 0 Å². The average Bonchev–Trinajstić information content (AvgIpc) is 2.40.